The molecule has 0 aromatic carbocycles. The Balaban J connectivity index is 2.64. The second-order valence-corrected chi connectivity index (χ2v) is 5.38. The Morgan fingerprint density at radius 3 is 2.71 bits per heavy atom. The predicted octanol–water partition coefficient (Wildman–Crippen LogP) is 2.47. The quantitative estimate of drug-likeness (QED) is 0.847. The Hall–Kier alpha value is -0.870. The standard InChI is InChI=1S/C13H22N2OS/c1-4-10(3)12(14)13(16)15(5-2)9-11-7-6-8-17-11/h6-8,10,12H,4-5,9,14H2,1-3H3/t10-,12-/m0/s1. The minimum atomic E-state index is -0.375. The van der Waals surface area contributed by atoms with Crippen molar-refractivity contribution in [3.8, 4) is 0 Å². The highest BCUT2D eigenvalue weighted by atomic mass is 32.1. The third kappa shape index (κ3) is 3.82. The van der Waals surface area contributed by atoms with E-state index in [4.69, 9.17) is 5.73 Å². The molecule has 0 saturated carbocycles. The van der Waals surface area contributed by atoms with Crippen LogP contribution in [0.5, 0.6) is 0 Å². The SMILES string of the molecule is CC[C@H](C)[C@H](N)C(=O)N(CC)Cc1cccs1. The van der Waals surface area contributed by atoms with Gasteiger partial charge in [0, 0.05) is 11.4 Å². The number of likely N-dealkylation sites (N-methyl/N-ethyl adjacent to an activating group) is 1. The minimum absolute atomic E-state index is 0.0650. The van der Waals surface area contributed by atoms with Crippen molar-refractivity contribution in [2.45, 2.75) is 39.8 Å². The third-order valence-electron chi connectivity index (χ3n) is 3.16. The van der Waals surface area contributed by atoms with E-state index in [0.717, 1.165) is 6.42 Å². The van der Waals surface area contributed by atoms with Crippen LogP contribution in [-0.4, -0.2) is 23.4 Å². The molecule has 96 valence electrons. The maximum Gasteiger partial charge on any atom is 0.240 e. The van der Waals surface area contributed by atoms with Crippen LogP contribution in [0.3, 0.4) is 0 Å². The van der Waals surface area contributed by atoms with Gasteiger partial charge in [0.25, 0.3) is 0 Å². The summed E-state index contributed by atoms with van der Waals surface area (Å²) in [5.41, 5.74) is 5.99. The fraction of sp³-hybridized carbons (Fsp3) is 0.615. The monoisotopic (exact) mass is 254 g/mol. The molecule has 0 unspecified atom stereocenters. The van der Waals surface area contributed by atoms with Gasteiger partial charge in [0.15, 0.2) is 0 Å². The van der Waals surface area contributed by atoms with Crippen molar-refractivity contribution in [1.82, 2.24) is 4.90 Å². The largest absolute Gasteiger partial charge is 0.336 e. The van der Waals surface area contributed by atoms with Crippen LogP contribution in [-0.2, 0) is 11.3 Å². The first-order valence-electron chi connectivity index (χ1n) is 6.16. The normalized spacial score (nSPS) is 14.4. The van der Waals surface area contributed by atoms with Crippen molar-refractivity contribution >= 4 is 17.2 Å². The summed E-state index contributed by atoms with van der Waals surface area (Å²) in [5.74, 6) is 0.301. The van der Waals surface area contributed by atoms with Gasteiger partial charge < -0.3 is 10.6 Å². The molecule has 2 N–H and O–H groups in total. The first-order chi connectivity index (χ1) is 8.10. The fourth-order valence-corrected chi connectivity index (χ4v) is 2.36. The highest BCUT2D eigenvalue weighted by Crippen LogP contribution is 2.14. The molecule has 2 atom stereocenters. The van der Waals surface area contributed by atoms with E-state index in [-0.39, 0.29) is 17.9 Å². The Morgan fingerprint density at radius 2 is 2.24 bits per heavy atom. The van der Waals surface area contributed by atoms with Crippen molar-refractivity contribution < 1.29 is 4.79 Å². The number of hydrogen-bond donors (Lipinski definition) is 1. The van der Waals surface area contributed by atoms with Crippen molar-refractivity contribution in [3.63, 3.8) is 0 Å². The summed E-state index contributed by atoms with van der Waals surface area (Å²) in [6, 6.07) is 3.68. The van der Waals surface area contributed by atoms with Crippen LogP contribution in [0.4, 0.5) is 0 Å². The summed E-state index contributed by atoms with van der Waals surface area (Å²) in [7, 11) is 0. The summed E-state index contributed by atoms with van der Waals surface area (Å²) in [6.45, 7) is 7.47. The first-order valence-corrected chi connectivity index (χ1v) is 7.04. The average Bonchev–Trinajstić information content (AvgIpc) is 2.85. The van der Waals surface area contributed by atoms with E-state index < -0.39 is 0 Å². The molecule has 0 bridgehead atoms. The lowest BCUT2D eigenvalue weighted by Crippen LogP contribution is -2.46. The lowest BCUT2D eigenvalue weighted by molar-refractivity contribution is -0.134. The zero-order valence-electron chi connectivity index (χ0n) is 10.8. The van der Waals surface area contributed by atoms with Gasteiger partial charge in [-0.1, -0.05) is 26.3 Å². The van der Waals surface area contributed by atoms with Crippen LogP contribution >= 0.6 is 11.3 Å². The lowest BCUT2D eigenvalue weighted by atomic mass is 9.99. The molecule has 0 radical (unpaired) electrons. The van der Waals surface area contributed by atoms with E-state index in [9.17, 15) is 4.79 Å². The van der Waals surface area contributed by atoms with Crippen molar-refractivity contribution in [2.24, 2.45) is 11.7 Å². The van der Waals surface area contributed by atoms with Crippen molar-refractivity contribution in [3.05, 3.63) is 22.4 Å². The summed E-state index contributed by atoms with van der Waals surface area (Å²) in [6.07, 6.45) is 0.934. The molecule has 3 nitrogen and oxygen atoms in total. The molecule has 1 rings (SSSR count). The van der Waals surface area contributed by atoms with Gasteiger partial charge in [-0.3, -0.25) is 4.79 Å². The first kappa shape index (κ1) is 14.2. The van der Waals surface area contributed by atoms with Crippen LogP contribution in [0.1, 0.15) is 32.1 Å². The van der Waals surface area contributed by atoms with Crippen LogP contribution in [0.25, 0.3) is 0 Å². The number of nitrogens with two attached hydrogens (primary N) is 1. The number of nitrogens with zero attached hydrogens (tertiary/aromatic N) is 1. The maximum absolute atomic E-state index is 12.2. The second-order valence-electron chi connectivity index (χ2n) is 4.34. The number of amides is 1. The number of rotatable bonds is 6. The summed E-state index contributed by atoms with van der Waals surface area (Å²) < 4.78 is 0. The predicted molar refractivity (Wildman–Crippen MR) is 72.8 cm³/mol. The van der Waals surface area contributed by atoms with E-state index in [1.54, 1.807) is 11.3 Å². The molecule has 1 amide bonds. The molecular formula is C13H22N2OS. The number of carbonyl (C=O) groups is 1. The number of carbonyl (C=O) groups excluding carboxylic acids is 1. The lowest BCUT2D eigenvalue weighted by Gasteiger charge is -2.26. The number of thiophene rings is 1. The zero-order valence-corrected chi connectivity index (χ0v) is 11.7. The molecule has 0 aliphatic heterocycles. The van der Waals surface area contributed by atoms with Crippen molar-refractivity contribution in [1.29, 1.82) is 0 Å². The second kappa shape index (κ2) is 6.77. The van der Waals surface area contributed by atoms with Gasteiger partial charge in [-0.25, -0.2) is 0 Å². The van der Waals surface area contributed by atoms with Gasteiger partial charge in [0.2, 0.25) is 5.91 Å². The van der Waals surface area contributed by atoms with Gasteiger partial charge in [-0.15, -0.1) is 11.3 Å². The topological polar surface area (TPSA) is 46.3 Å². The Bertz CT molecular complexity index is 337. The van der Waals surface area contributed by atoms with E-state index in [1.165, 1.54) is 4.88 Å². The third-order valence-corrected chi connectivity index (χ3v) is 4.02. The molecular weight excluding hydrogens is 232 g/mol. The molecule has 4 heteroatoms. The van der Waals surface area contributed by atoms with Crippen LogP contribution in [0.2, 0.25) is 0 Å². The highest BCUT2D eigenvalue weighted by molar-refractivity contribution is 7.09. The average molecular weight is 254 g/mol. The van der Waals surface area contributed by atoms with E-state index in [1.807, 2.05) is 30.2 Å². The Kier molecular flexibility index (Phi) is 5.65. The van der Waals surface area contributed by atoms with E-state index in [2.05, 4.69) is 13.0 Å². The zero-order chi connectivity index (χ0) is 12.8. The highest BCUT2D eigenvalue weighted by Gasteiger charge is 2.24. The summed E-state index contributed by atoms with van der Waals surface area (Å²) in [5, 5.41) is 2.03. The van der Waals surface area contributed by atoms with E-state index >= 15 is 0 Å². The van der Waals surface area contributed by atoms with Gasteiger partial charge in [0.1, 0.15) is 0 Å². The minimum Gasteiger partial charge on any atom is -0.336 e. The smallest absolute Gasteiger partial charge is 0.240 e. The molecule has 0 aliphatic rings. The maximum atomic E-state index is 12.2. The Morgan fingerprint density at radius 1 is 1.53 bits per heavy atom. The molecule has 1 aromatic heterocycles. The molecule has 1 aromatic rings. The van der Waals surface area contributed by atoms with Crippen LogP contribution in [0.15, 0.2) is 17.5 Å². The summed E-state index contributed by atoms with van der Waals surface area (Å²) in [4.78, 5) is 15.2. The van der Waals surface area contributed by atoms with Crippen molar-refractivity contribution in [2.75, 3.05) is 6.54 Å². The number of hydrogen-bond acceptors (Lipinski definition) is 3. The molecule has 0 spiro atoms. The van der Waals surface area contributed by atoms with Gasteiger partial charge >= 0.3 is 0 Å². The van der Waals surface area contributed by atoms with Gasteiger partial charge in [0.05, 0.1) is 12.6 Å². The molecule has 0 saturated heterocycles. The molecule has 0 fully saturated rings. The van der Waals surface area contributed by atoms with Gasteiger partial charge in [-0.05, 0) is 24.3 Å². The molecule has 1 heterocycles. The van der Waals surface area contributed by atoms with Crippen LogP contribution < -0.4 is 5.73 Å². The van der Waals surface area contributed by atoms with Crippen LogP contribution in [0, 0.1) is 5.92 Å². The fourth-order valence-electron chi connectivity index (χ4n) is 1.64. The molecule has 17 heavy (non-hydrogen) atoms. The molecule has 0 aliphatic carbocycles. The van der Waals surface area contributed by atoms with Gasteiger partial charge in [-0.2, -0.15) is 0 Å². The summed E-state index contributed by atoms with van der Waals surface area (Å²) >= 11 is 1.68. The van der Waals surface area contributed by atoms with E-state index in [0.29, 0.717) is 13.1 Å². The Labute approximate surface area is 108 Å².